The lowest BCUT2D eigenvalue weighted by molar-refractivity contribution is -0.116. The van der Waals surface area contributed by atoms with E-state index in [1.54, 1.807) is 0 Å². The number of thioether (sulfide) groups is 1. The van der Waals surface area contributed by atoms with Crippen LogP contribution in [0.25, 0.3) is 11.3 Å². The third-order valence-electron chi connectivity index (χ3n) is 3.33. The summed E-state index contributed by atoms with van der Waals surface area (Å²) in [4.78, 5) is 16.5. The van der Waals surface area contributed by atoms with Gasteiger partial charge in [-0.2, -0.15) is 11.8 Å². The summed E-state index contributed by atoms with van der Waals surface area (Å²) in [5, 5.41) is 9.42. The molecule has 1 aliphatic rings. The number of carbonyl (C=O) groups excluding carboxylic acids is 1. The van der Waals surface area contributed by atoms with Gasteiger partial charge in [-0.25, -0.2) is 4.98 Å². The maximum Gasteiger partial charge on any atom is 0.227 e. The van der Waals surface area contributed by atoms with Crippen LogP contribution in [0, 0.1) is 0 Å². The Bertz CT molecular complexity index is 656. The maximum atomic E-state index is 12.1. The molecule has 0 radical (unpaired) electrons. The summed E-state index contributed by atoms with van der Waals surface area (Å²) in [5.74, 6) is 2.10. The molecule has 1 aliphatic heterocycles. The van der Waals surface area contributed by atoms with Crippen LogP contribution >= 0.6 is 34.7 Å². The van der Waals surface area contributed by atoms with E-state index in [2.05, 4.69) is 15.6 Å². The molecule has 22 heavy (non-hydrogen) atoms. The summed E-state index contributed by atoms with van der Waals surface area (Å²) in [6, 6.07) is 7.82. The van der Waals surface area contributed by atoms with Gasteiger partial charge in [-0.3, -0.25) is 4.79 Å². The van der Waals surface area contributed by atoms with Crippen molar-refractivity contribution in [3.05, 3.63) is 34.7 Å². The van der Waals surface area contributed by atoms with Gasteiger partial charge in [-0.05, 0) is 6.07 Å². The van der Waals surface area contributed by atoms with Crippen molar-refractivity contribution in [1.82, 2.24) is 10.3 Å². The van der Waals surface area contributed by atoms with Gasteiger partial charge < -0.3 is 10.6 Å². The van der Waals surface area contributed by atoms with E-state index in [0.29, 0.717) is 16.6 Å². The first-order valence-electron chi connectivity index (χ1n) is 7.04. The number of hydrogen-bond acceptors (Lipinski definition) is 5. The summed E-state index contributed by atoms with van der Waals surface area (Å²) < 4.78 is 0. The first-order chi connectivity index (χ1) is 10.7. The largest absolute Gasteiger partial charge is 0.312 e. The highest BCUT2D eigenvalue weighted by Gasteiger charge is 2.17. The lowest BCUT2D eigenvalue weighted by Crippen LogP contribution is -2.39. The Morgan fingerprint density at radius 1 is 1.45 bits per heavy atom. The van der Waals surface area contributed by atoms with Gasteiger partial charge >= 0.3 is 0 Å². The SMILES string of the molecule is O=C(CC1CSCCN1)Nc1nc(-c2ccccc2Cl)cs1. The fraction of sp³-hybridized carbons (Fsp3) is 0.333. The molecule has 116 valence electrons. The first kappa shape index (κ1) is 15.8. The van der Waals surface area contributed by atoms with Crippen LogP contribution in [-0.2, 0) is 4.79 Å². The molecular formula is C15H16ClN3OS2. The van der Waals surface area contributed by atoms with Crippen molar-refractivity contribution in [2.75, 3.05) is 23.4 Å². The van der Waals surface area contributed by atoms with E-state index in [4.69, 9.17) is 11.6 Å². The van der Waals surface area contributed by atoms with Gasteiger partial charge in [-0.1, -0.05) is 29.8 Å². The third-order valence-corrected chi connectivity index (χ3v) is 5.55. The number of carbonyl (C=O) groups is 1. The van der Waals surface area contributed by atoms with Crippen LogP contribution in [0.1, 0.15) is 6.42 Å². The average Bonchev–Trinajstić information content (AvgIpc) is 2.97. The minimum absolute atomic E-state index is 0.0000543. The van der Waals surface area contributed by atoms with Gasteiger partial charge in [0.2, 0.25) is 5.91 Å². The maximum absolute atomic E-state index is 12.1. The Labute approximate surface area is 142 Å². The Hall–Kier alpha value is -1.08. The molecule has 4 nitrogen and oxygen atoms in total. The smallest absolute Gasteiger partial charge is 0.227 e. The molecule has 7 heteroatoms. The summed E-state index contributed by atoms with van der Waals surface area (Å²) >= 11 is 9.47. The first-order valence-corrected chi connectivity index (χ1v) is 9.45. The van der Waals surface area contributed by atoms with Gasteiger partial charge in [0.15, 0.2) is 5.13 Å². The van der Waals surface area contributed by atoms with Crippen LogP contribution in [-0.4, -0.2) is 35.0 Å². The fourth-order valence-corrected chi connectivity index (χ4v) is 4.18. The molecule has 1 aromatic carbocycles. The molecule has 1 amide bonds. The Morgan fingerprint density at radius 2 is 2.32 bits per heavy atom. The highest BCUT2D eigenvalue weighted by atomic mass is 35.5. The molecule has 2 aromatic rings. The van der Waals surface area contributed by atoms with Crippen LogP contribution in [0.5, 0.6) is 0 Å². The van der Waals surface area contributed by atoms with Crippen LogP contribution in [0.4, 0.5) is 5.13 Å². The number of hydrogen-bond donors (Lipinski definition) is 2. The summed E-state index contributed by atoms with van der Waals surface area (Å²) in [7, 11) is 0. The van der Waals surface area contributed by atoms with Crippen LogP contribution < -0.4 is 10.6 Å². The zero-order valence-corrected chi connectivity index (χ0v) is 14.2. The second kappa shape index (κ2) is 7.46. The van der Waals surface area contributed by atoms with Crippen molar-refractivity contribution in [2.45, 2.75) is 12.5 Å². The number of nitrogens with one attached hydrogen (secondary N) is 2. The van der Waals surface area contributed by atoms with E-state index in [0.717, 1.165) is 29.3 Å². The number of aromatic nitrogens is 1. The quantitative estimate of drug-likeness (QED) is 0.883. The van der Waals surface area contributed by atoms with Crippen LogP contribution in [0.15, 0.2) is 29.6 Å². The molecule has 1 saturated heterocycles. The van der Waals surface area contributed by atoms with Gasteiger partial charge in [0.1, 0.15) is 0 Å². The van der Waals surface area contributed by atoms with E-state index in [-0.39, 0.29) is 11.9 Å². The monoisotopic (exact) mass is 353 g/mol. The predicted octanol–water partition coefficient (Wildman–Crippen LogP) is 3.50. The second-order valence-electron chi connectivity index (χ2n) is 5.00. The zero-order valence-electron chi connectivity index (χ0n) is 11.8. The number of benzene rings is 1. The van der Waals surface area contributed by atoms with Crippen LogP contribution in [0.2, 0.25) is 5.02 Å². The molecule has 2 N–H and O–H groups in total. The lowest BCUT2D eigenvalue weighted by atomic mass is 10.2. The number of amides is 1. The molecule has 0 aliphatic carbocycles. The highest BCUT2D eigenvalue weighted by Crippen LogP contribution is 2.30. The molecule has 1 aromatic heterocycles. The predicted molar refractivity (Wildman–Crippen MR) is 94.9 cm³/mol. The van der Waals surface area contributed by atoms with Crippen molar-refractivity contribution in [3.63, 3.8) is 0 Å². The van der Waals surface area contributed by atoms with E-state index in [1.165, 1.54) is 11.3 Å². The standard InChI is InChI=1S/C15H16ClN3OS2/c16-12-4-2-1-3-11(12)13-9-22-15(18-13)19-14(20)7-10-8-21-6-5-17-10/h1-4,9-10,17H,5-8H2,(H,18,19,20). The summed E-state index contributed by atoms with van der Waals surface area (Å²) in [5.41, 5.74) is 1.67. The van der Waals surface area contributed by atoms with E-state index >= 15 is 0 Å². The molecule has 1 atom stereocenters. The Balaban J connectivity index is 1.62. The van der Waals surface area contributed by atoms with E-state index in [1.807, 2.05) is 41.4 Å². The molecule has 1 unspecified atom stereocenters. The van der Waals surface area contributed by atoms with Crippen molar-refractivity contribution >= 4 is 45.7 Å². The van der Waals surface area contributed by atoms with Crippen molar-refractivity contribution < 1.29 is 4.79 Å². The number of halogens is 1. The highest BCUT2D eigenvalue weighted by molar-refractivity contribution is 7.99. The molecule has 0 saturated carbocycles. The molecular weight excluding hydrogens is 338 g/mol. The minimum atomic E-state index is 0.0000543. The van der Waals surface area contributed by atoms with Gasteiger partial charge in [0.05, 0.1) is 5.69 Å². The molecule has 3 rings (SSSR count). The van der Waals surface area contributed by atoms with Crippen molar-refractivity contribution in [2.24, 2.45) is 0 Å². The van der Waals surface area contributed by atoms with Crippen molar-refractivity contribution in [1.29, 1.82) is 0 Å². The topological polar surface area (TPSA) is 54.0 Å². The molecule has 0 bridgehead atoms. The Morgan fingerprint density at radius 3 is 3.09 bits per heavy atom. The number of rotatable bonds is 4. The lowest BCUT2D eigenvalue weighted by Gasteiger charge is -2.22. The zero-order chi connectivity index (χ0) is 15.4. The molecule has 0 spiro atoms. The number of thiazole rings is 1. The number of nitrogens with zero attached hydrogens (tertiary/aromatic N) is 1. The van der Waals surface area contributed by atoms with E-state index < -0.39 is 0 Å². The van der Waals surface area contributed by atoms with Gasteiger partial charge in [-0.15, -0.1) is 11.3 Å². The second-order valence-corrected chi connectivity index (χ2v) is 7.41. The normalized spacial score (nSPS) is 18.1. The Kier molecular flexibility index (Phi) is 5.36. The van der Waals surface area contributed by atoms with Gasteiger partial charge in [0.25, 0.3) is 0 Å². The summed E-state index contributed by atoms with van der Waals surface area (Å²) in [6.07, 6.45) is 0.480. The van der Waals surface area contributed by atoms with Crippen molar-refractivity contribution in [3.8, 4) is 11.3 Å². The van der Waals surface area contributed by atoms with E-state index in [9.17, 15) is 4.79 Å². The van der Waals surface area contributed by atoms with Gasteiger partial charge in [0, 0.05) is 46.5 Å². The minimum Gasteiger partial charge on any atom is -0.312 e. The average molecular weight is 354 g/mol. The molecule has 2 heterocycles. The molecule has 1 fully saturated rings. The third kappa shape index (κ3) is 4.01. The number of anilines is 1. The van der Waals surface area contributed by atoms with Crippen LogP contribution in [0.3, 0.4) is 0 Å². The summed E-state index contributed by atoms with van der Waals surface area (Å²) in [6.45, 7) is 0.969. The fourth-order valence-electron chi connectivity index (χ4n) is 2.27.